The van der Waals surface area contributed by atoms with E-state index in [4.69, 9.17) is 9.47 Å². The number of hydrogen-bond acceptors (Lipinski definition) is 12. The van der Waals surface area contributed by atoms with Crippen LogP contribution >= 0.6 is 0 Å². The first-order valence-electron chi connectivity index (χ1n) is 15.6. The molecule has 2 fully saturated rings. The highest BCUT2D eigenvalue weighted by Gasteiger charge is 2.68. The molecule has 0 aromatic heterocycles. The highest BCUT2D eigenvalue weighted by Crippen LogP contribution is 2.66. The topological polar surface area (TPSA) is 229 Å². The molecule has 0 radical (unpaired) electrons. The molecule has 1 unspecified atom stereocenters. The molecule has 4 rings (SSSR count). The fourth-order valence-corrected chi connectivity index (χ4v) is 8.28. The van der Waals surface area contributed by atoms with Crippen LogP contribution in [0.5, 0.6) is 0 Å². The van der Waals surface area contributed by atoms with Gasteiger partial charge >= 0.3 is 12.1 Å². The summed E-state index contributed by atoms with van der Waals surface area (Å²) < 4.78 is 9.77. The monoisotopic (exact) mass is 650 g/mol. The maximum atomic E-state index is 13.4. The van der Waals surface area contributed by atoms with E-state index in [0.717, 1.165) is 5.57 Å². The molecule has 15 nitrogen and oxygen atoms in total. The number of amides is 1. The lowest BCUT2D eigenvalue weighted by Gasteiger charge is -2.58. The van der Waals surface area contributed by atoms with Crippen LogP contribution in [0.1, 0.15) is 71.6 Å². The number of fused-ring (bicyclic) bond motifs is 5. The Labute approximate surface area is 265 Å². The van der Waals surface area contributed by atoms with Crippen molar-refractivity contribution in [3.05, 3.63) is 33.9 Å². The second-order valence-corrected chi connectivity index (χ2v) is 13.2. The molecule has 4 aliphatic carbocycles. The molecule has 46 heavy (non-hydrogen) atoms. The third-order valence-corrected chi connectivity index (χ3v) is 10.6. The van der Waals surface area contributed by atoms with Gasteiger partial charge in [0.05, 0.1) is 12.7 Å². The van der Waals surface area contributed by atoms with Gasteiger partial charge in [0, 0.05) is 29.6 Å². The minimum atomic E-state index is -1.89. The molecule has 0 bridgehead atoms. The van der Waals surface area contributed by atoms with E-state index in [9.17, 15) is 49.4 Å². The van der Waals surface area contributed by atoms with E-state index in [1.165, 1.54) is 0 Å². The van der Waals surface area contributed by atoms with Crippen molar-refractivity contribution in [3.63, 3.8) is 0 Å². The van der Waals surface area contributed by atoms with Crippen LogP contribution in [-0.2, 0) is 33.5 Å². The summed E-state index contributed by atoms with van der Waals surface area (Å²) in [6.07, 6.45) is 6.00. The summed E-state index contributed by atoms with van der Waals surface area (Å²) in [4.78, 5) is 75.7. The molecule has 254 valence electrons. The molecule has 0 aromatic carbocycles. The Morgan fingerprint density at radius 1 is 1.17 bits per heavy atom. The molecular weight excluding hydrogens is 608 g/mol. The number of nitrogens with zero attached hydrogens (tertiary/aromatic N) is 1. The minimum Gasteiger partial charge on any atom is -0.480 e. The average molecular weight is 651 g/mol. The highest BCUT2D eigenvalue weighted by molar-refractivity contribution is 5.93. The largest absolute Gasteiger partial charge is 0.508 e. The molecule has 0 aliphatic heterocycles. The van der Waals surface area contributed by atoms with Crippen LogP contribution in [0.15, 0.2) is 23.8 Å². The number of carbonyl (C=O) groups is 5. The zero-order valence-electron chi connectivity index (χ0n) is 26.0. The van der Waals surface area contributed by atoms with Gasteiger partial charge in [-0.25, -0.2) is 9.59 Å². The van der Waals surface area contributed by atoms with E-state index in [-0.39, 0.29) is 49.4 Å². The van der Waals surface area contributed by atoms with Gasteiger partial charge in [0.1, 0.15) is 12.2 Å². The Hall–Kier alpha value is -3.85. The number of unbranched alkanes of at least 4 members (excludes halogenated alkanes) is 2. The maximum Gasteiger partial charge on any atom is 0.508 e. The van der Waals surface area contributed by atoms with Gasteiger partial charge < -0.3 is 34.9 Å². The van der Waals surface area contributed by atoms with Crippen LogP contribution < -0.4 is 5.32 Å². The number of allylic oxidation sites excluding steroid dienone is 4. The molecule has 15 heteroatoms. The molecule has 0 saturated heterocycles. The van der Waals surface area contributed by atoms with E-state index in [1.807, 2.05) is 13.0 Å². The summed E-state index contributed by atoms with van der Waals surface area (Å²) in [6, 6.07) is -1.59. The molecule has 0 heterocycles. The number of rotatable bonds is 14. The van der Waals surface area contributed by atoms with Gasteiger partial charge in [-0.1, -0.05) is 38.0 Å². The van der Waals surface area contributed by atoms with Gasteiger partial charge in [-0.05, 0) is 56.4 Å². The van der Waals surface area contributed by atoms with Gasteiger partial charge in [-0.15, -0.1) is 10.1 Å². The Balaban J connectivity index is 1.28. The lowest BCUT2D eigenvalue weighted by Crippen LogP contribution is -2.61. The lowest BCUT2D eigenvalue weighted by molar-refractivity contribution is -0.757. The van der Waals surface area contributed by atoms with E-state index < -0.39 is 70.7 Å². The number of aliphatic hydroxyl groups excluding tert-OH is 1. The number of Topliss-reactive ketones (excluding diaryl/α,β-unsaturated/α-hetero) is 1. The Morgan fingerprint density at radius 2 is 1.91 bits per heavy atom. The van der Waals surface area contributed by atoms with Crippen molar-refractivity contribution in [1.82, 2.24) is 5.32 Å². The van der Waals surface area contributed by atoms with Crippen molar-refractivity contribution in [2.45, 2.75) is 89.4 Å². The smallest absolute Gasteiger partial charge is 0.480 e. The average Bonchev–Trinajstić information content (AvgIpc) is 3.26. The predicted octanol–water partition coefficient (Wildman–Crippen LogP) is 2.06. The van der Waals surface area contributed by atoms with Crippen molar-refractivity contribution in [3.8, 4) is 0 Å². The van der Waals surface area contributed by atoms with Crippen LogP contribution in [0.4, 0.5) is 4.79 Å². The second kappa shape index (κ2) is 13.9. The third-order valence-electron chi connectivity index (χ3n) is 10.6. The van der Waals surface area contributed by atoms with Crippen molar-refractivity contribution in [2.24, 2.45) is 28.6 Å². The molecule has 2 saturated carbocycles. The van der Waals surface area contributed by atoms with Crippen molar-refractivity contribution in [1.29, 1.82) is 0 Å². The van der Waals surface area contributed by atoms with Gasteiger partial charge in [0.25, 0.3) is 5.09 Å². The Kier molecular flexibility index (Phi) is 10.6. The fourth-order valence-electron chi connectivity index (χ4n) is 8.28. The van der Waals surface area contributed by atoms with Crippen molar-refractivity contribution in [2.75, 3.05) is 19.8 Å². The van der Waals surface area contributed by atoms with Crippen LogP contribution in [-0.4, -0.2) is 87.6 Å². The Morgan fingerprint density at radius 3 is 2.61 bits per heavy atom. The summed E-state index contributed by atoms with van der Waals surface area (Å²) in [7, 11) is 0. The van der Waals surface area contributed by atoms with Gasteiger partial charge in [0.2, 0.25) is 11.7 Å². The normalized spacial score (nSPS) is 33.4. The molecule has 8 atom stereocenters. The first-order valence-corrected chi connectivity index (χ1v) is 15.6. The summed E-state index contributed by atoms with van der Waals surface area (Å²) in [5.41, 5.74) is -2.41. The zero-order valence-corrected chi connectivity index (χ0v) is 26.0. The van der Waals surface area contributed by atoms with Crippen molar-refractivity contribution >= 4 is 29.6 Å². The Bertz CT molecular complexity index is 1310. The number of aliphatic hydroxyl groups is 2. The summed E-state index contributed by atoms with van der Waals surface area (Å²) in [6.45, 7) is 2.07. The number of ether oxygens (including phenoxy) is 2. The third kappa shape index (κ3) is 6.94. The second-order valence-electron chi connectivity index (χ2n) is 13.2. The highest BCUT2D eigenvalue weighted by atomic mass is 16.9. The first kappa shape index (κ1) is 35.0. The quantitative estimate of drug-likeness (QED) is 0.0694. The number of ketones is 2. The zero-order chi connectivity index (χ0) is 33.9. The first-order chi connectivity index (χ1) is 21.6. The molecule has 0 spiro atoms. The van der Waals surface area contributed by atoms with Gasteiger partial charge in [-0.3, -0.25) is 14.4 Å². The molecule has 4 aliphatic rings. The maximum absolute atomic E-state index is 13.4. The molecular formula is C31H42N2O13. The summed E-state index contributed by atoms with van der Waals surface area (Å²) in [5.74, 6) is -3.18. The number of carboxylic acid groups (broad SMARTS) is 1. The predicted molar refractivity (Wildman–Crippen MR) is 156 cm³/mol. The lowest BCUT2D eigenvalue weighted by atomic mass is 9.47. The van der Waals surface area contributed by atoms with E-state index >= 15 is 0 Å². The number of hydrogen-bond donors (Lipinski definition) is 4. The van der Waals surface area contributed by atoms with Gasteiger partial charge in [-0.2, -0.15) is 0 Å². The van der Waals surface area contributed by atoms with Gasteiger partial charge in [0.15, 0.2) is 18.4 Å². The van der Waals surface area contributed by atoms with Crippen LogP contribution in [0.2, 0.25) is 0 Å². The van der Waals surface area contributed by atoms with Crippen molar-refractivity contribution < 1.29 is 58.7 Å². The number of carbonyl (C=O) groups excluding carboxylic acids is 4. The number of carboxylic acids is 1. The van der Waals surface area contributed by atoms with Crippen LogP contribution in [0, 0.1) is 38.7 Å². The number of aliphatic carboxylic acids is 1. The number of nitrogens with one attached hydrogen (secondary N) is 1. The summed E-state index contributed by atoms with van der Waals surface area (Å²) >= 11 is 0. The van der Waals surface area contributed by atoms with E-state index in [0.29, 0.717) is 38.5 Å². The fraction of sp³-hybridized carbons (Fsp3) is 0.710. The van der Waals surface area contributed by atoms with E-state index in [2.05, 4.69) is 16.2 Å². The minimum absolute atomic E-state index is 0.0206. The molecule has 1 amide bonds. The molecule has 4 N–H and O–H groups in total. The van der Waals surface area contributed by atoms with E-state index in [1.54, 1.807) is 13.0 Å². The van der Waals surface area contributed by atoms with Crippen LogP contribution in [0.25, 0.3) is 0 Å². The SMILES string of the molecule is C[C@]12C=CC(=O)CC1=CC[C@@H]1[C@@H]2[C@@H](O)C[C@@]2(C)[C@H]1CC[C@]2(O)C(=O)COC(=O)OCC(NC(=O)CCCCCO[N+](=O)[O-])C(=O)O. The van der Waals surface area contributed by atoms with Crippen LogP contribution in [0.3, 0.4) is 0 Å². The summed E-state index contributed by atoms with van der Waals surface area (Å²) in [5, 5.41) is 44.1. The standard InChI is InChI=1S/C31H42N2O13/c1-29-11-9-19(34)14-18(29)7-8-20-21-10-12-31(41,30(21,2)15-23(35)26(20)29)24(36)17-45-28(40)44-16-22(27(38)39)32-25(37)6-4-3-5-13-46-33(42)43/h7,9,11,20-23,26,35,41H,3-6,8,10,12-17H2,1-2H3,(H,32,37)(H,38,39)/t20-,21-,22?,23-,26+,29-,30-,31-/m0/s1. The molecule has 0 aromatic rings.